The zero-order valence-corrected chi connectivity index (χ0v) is 13.2. The van der Waals surface area contributed by atoms with Crippen LogP contribution in [0.5, 0.6) is 0 Å². The van der Waals surface area contributed by atoms with Crippen LogP contribution >= 0.6 is 0 Å². The first-order valence-corrected chi connectivity index (χ1v) is 8.60. The first kappa shape index (κ1) is 14.4. The number of ketones is 2. The van der Waals surface area contributed by atoms with E-state index in [9.17, 15) is 14.7 Å². The fourth-order valence-electron chi connectivity index (χ4n) is 5.92. The van der Waals surface area contributed by atoms with Crippen LogP contribution in [0.2, 0.25) is 0 Å². The van der Waals surface area contributed by atoms with E-state index in [1.165, 1.54) is 0 Å². The van der Waals surface area contributed by atoms with Gasteiger partial charge in [-0.1, -0.05) is 19.1 Å². The lowest BCUT2D eigenvalue weighted by atomic mass is 9.48. The third-order valence-electron chi connectivity index (χ3n) is 7.23. The van der Waals surface area contributed by atoms with E-state index in [-0.39, 0.29) is 41.0 Å². The molecule has 0 heterocycles. The summed E-state index contributed by atoms with van der Waals surface area (Å²) in [5.74, 6) is 0.867. The van der Waals surface area contributed by atoms with Crippen LogP contribution in [-0.2, 0) is 9.59 Å². The summed E-state index contributed by atoms with van der Waals surface area (Å²) in [6, 6.07) is 0. The van der Waals surface area contributed by atoms with Crippen molar-refractivity contribution in [2.45, 2.75) is 45.4 Å². The molecular formula is C19H24O3. The number of aliphatic hydroxyl groups excluding tert-OH is 1. The third kappa shape index (κ3) is 1.61. The Morgan fingerprint density at radius 1 is 1.23 bits per heavy atom. The first-order valence-electron chi connectivity index (χ1n) is 8.60. The lowest BCUT2D eigenvalue weighted by Gasteiger charge is -2.55. The molecule has 4 aliphatic rings. The second-order valence-electron chi connectivity index (χ2n) is 7.91. The van der Waals surface area contributed by atoms with Crippen molar-refractivity contribution in [3.63, 3.8) is 0 Å². The molecule has 2 saturated carbocycles. The molecule has 1 N–H and O–H groups in total. The fraction of sp³-hybridized carbons (Fsp3) is 0.684. The summed E-state index contributed by atoms with van der Waals surface area (Å²) < 4.78 is 0. The Morgan fingerprint density at radius 3 is 2.82 bits per heavy atom. The molecule has 0 aromatic carbocycles. The first-order chi connectivity index (χ1) is 10.5. The Morgan fingerprint density at radius 2 is 2.05 bits per heavy atom. The minimum atomic E-state index is -0.302. The molecule has 0 saturated heterocycles. The maximum Gasteiger partial charge on any atom is 0.159 e. The number of carbonyl (C=O) groups is 2. The molecular weight excluding hydrogens is 276 g/mol. The monoisotopic (exact) mass is 300 g/mol. The molecule has 3 heteroatoms. The molecule has 5 atom stereocenters. The van der Waals surface area contributed by atoms with Crippen LogP contribution in [0, 0.1) is 28.6 Å². The molecule has 0 amide bonds. The second kappa shape index (κ2) is 4.64. The topological polar surface area (TPSA) is 54.4 Å². The highest BCUT2D eigenvalue weighted by Crippen LogP contribution is 2.62. The van der Waals surface area contributed by atoms with Gasteiger partial charge in [-0.3, -0.25) is 9.59 Å². The molecule has 0 bridgehead atoms. The number of hydrogen-bond donors (Lipinski definition) is 1. The van der Waals surface area contributed by atoms with Crippen LogP contribution in [0.15, 0.2) is 23.8 Å². The van der Waals surface area contributed by atoms with Gasteiger partial charge in [0.2, 0.25) is 0 Å². The number of carbonyl (C=O) groups excluding carboxylic acids is 2. The van der Waals surface area contributed by atoms with E-state index in [2.05, 4.69) is 13.0 Å². The molecule has 3 nitrogen and oxygen atoms in total. The third-order valence-corrected chi connectivity index (χ3v) is 7.23. The van der Waals surface area contributed by atoms with Gasteiger partial charge in [-0.2, -0.15) is 0 Å². The van der Waals surface area contributed by atoms with E-state index in [0.29, 0.717) is 12.2 Å². The van der Waals surface area contributed by atoms with Crippen LogP contribution in [-0.4, -0.2) is 23.3 Å². The molecule has 0 aromatic heterocycles. The number of Topliss-reactive ketones (excluding diaryl/α,β-unsaturated/α-hetero) is 1. The molecule has 4 aliphatic carbocycles. The maximum atomic E-state index is 12.8. The standard InChI is InChI=1S/C19H24O3/c1-18-9-7-14-17(13(18)5-6-16(18)22)15(21)10-12-4-2-3-8-19(12,14)11-20/h2,4,10,13-14,17,20H,3,5-9,11H2,1H3/t13-,14-,17-,18-,19+/m0/s1. The molecule has 118 valence electrons. The minimum absolute atomic E-state index is 0.0624. The average Bonchev–Trinajstić information content (AvgIpc) is 2.83. The normalized spacial score (nSPS) is 46.8. The van der Waals surface area contributed by atoms with E-state index >= 15 is 0 Å². The number of fused-ring (bicyclic) bond motifs is 5. The highest BCUT2D eigenvalue weighted by Gasteiger charge is 2.61. The van der Waals surface area contributed by atoms with Crippen LogP contribution in [0.3, 0.4) is 0 Å². The molecule has 0 aliphatic heterocycles. The Balaban J connectivity index is 1.82. The highest BCUT2D eigenvalue weighted by atomic mass is 16.3. The van der Waals surface area contributed by atoms with E-state index in [0.717, 1.165) is 37.7 Å². The van der Waals surface area contributed by atoms with Crippen molar-refractivity contribution >= 4 is 11.6 Å². The van der Waals surface area contributed by atoms with Gasteiger partial charge in [-0.15, -0.1) is 0 Å². The smallest absolute Gasteiger partial charge is 0.159 e. The molecule has 2 fully saturated rings. The minimum Gasteiger partial charge on any atom is -0.395 e. The summed E-state index contributed by atoms with van der Waals surface area (Å²) in [6.07, 6.45) is 11.1. The van der Waals surface area contributed by atoms with Gasteiger partial charge in [-0.25, -0.2) is 0 Å². The summed E-state index contributed by atoms with van der Waals surface area (Å²) in [4.78, 5) is 25.2. The predicted molar refractivity (Wildman–Crippen MR) is 83.0 cm³/mol. The molecule has 0 unspecified atom stereocenters. The summed E-state index contributed by atoms with van der Waals surface area (Å²) >= 11 is 0. The zero-order chi connectivity index (χ0) is 15.5. The average molecular weight is 300 g/mol. The Bertz CT molecular complexity index is 602. The molecule has 0 radical (unpaired) electrons. The summed E-state index contributed by atoms with van der Waals surface area (Å²) in [7, 11) is 0. The van der Waals surface area contributed by atoms with E-state index in [1.807, 2.05) is 6.08 Å². The molecule has 0 spiro atoms. The van der Waals surface area contributed by atoms with Gasteiger partial charge < -0.3 is 5.11 Å². The van der Waals surface area contributed by atoms with Crippen LogP contribution in [0.4, 0.5) is 0 Å². The van der Waals surface area contributed by atoms with E-state index in [4.69, 9.17) is 0 Å². The predicted octanol–water partition coefficient (Wildman–Crippen LogP) is 2.84. The fourth-order valence-corrected chi connectivity index (χ4v) is 5.92. The Hall–Kier alpha value is -1.22. The van der Waals surface area contributed by atoms with Gasteiger partial charge in [0.15, 0.2) is 5.78 Å². The SMILES string of the molecule is C[C@]12CC[C@H]3[C@@H](C(=O)C=C4C=CCC[C@@]43CO)[C@@H]1CCC2=O. The molecule has 4 rings (SSSR count). The van der Waals surface area contributed by atoms with E-state index in [1.54, 1.807) is 6.08 Å². The maximum absolute atomic E-state index is 12.8. The van der Waals surface area contributed by atoms with Crippen LogP contribution < -0.4 is 0 Å². The van der Waals surface area contributed by atoms with Crippen molar-refractivity contribution in [2.75, 3.05) is 6.61 Å². The Kier molecular flexibility index (Phi) is 3.03. The quantitative estimate of drug-likeness (QED) is 0.810. The van der Waals surface area contributed by atoms with Gasteiger partial charge in [0.1, 0.15) is 5.78 Å². The number of aliphatic hydroxyl groups is 1. The number of allylic oxidation sites excluding steroid dienone is 3. The van der Waals surface area contributed by atoms with Crippen molar-refractivity contribution in [2.24, 2.45) is 28.6 Å². The van der Waals surface area contributed by atoms with E-state index < -0.39 is 0 Å². The van der Waals surface area contributed by atoms with Crippen molar-refractivity contribution < 1.29 is 14.7 Å². The summed E-state index contributed by atoms with van der Waals surface area (Å²) in [5.41, 5.74) is 0.476. The van der Waals surface area contributed by atoms with Gasteiger partial charge >= 0.3 is 0 Å². The molecule has 22 heavy (non-hydrogen) atoms. The summed E-state index contributed by atoms with van der Waals surface area (Å²) in [5, 5.41) is 10.2. The largest absolute Gasteiger partial charge is 0.395 e. The summed E-state index contributed by atoms with van der Waals surface area (Å²) in [6.45, 7) is 2.19. The Labute approximate surface area is 131 Å². The van der Waals surface area contributed by atoms with Crippen molar-refractivity contribution in [1.82, 2.24) is 0 Å². The second-order valence-corrected chi connectivity index (χ2v) is 7.91. The lowest BCUT2D eigenvalue weighted by molar-refractivity contribution is -0.140. The van der Waals surface area contributed by atoms with Gasteiger partial charge in [-0.05, 0) is 55.6 Å². The van der Waals surface area contributed by atoms with Gasteiger partial charge in [0, 0.05) is 23.2 Å². The van der Waals surface area contributed by atoms with Crippen molar-refractivity contribution in [1.29, 1.82) is 0 Å². The number of rotatable bonds is 1. The van der Waals surface area contributed by atoms with Crippen molar-refractivity contribution in [3.8, 4) is 0 Å². The van der Waals surface area contributed by atoms with Crippen molar-refractivity contribution in [3.05, 3.63) is 23.8 Å². The van der Waals surface area contributed by atoms with Crippen LogP contribution in [0.1, 0.15) is 45.4 Å². The van der Waals surface area contributed by atoms with Crippen LogP contribution in [0.25, 0.3) is 0 Å². The number of hydrogen-bond acceptors (Lipinski definition) is 3. The highest BCUT2D eigenvalue weighted by molar-refractivity contribution is 5.97. The van der Waals surface area contributed by atoms with Gasteiger partial charge in [0.05, 0.1) is 6.61 Å². The van der Waals surface area contributed by atoms with Gasteiger partial charge in [0.25, 0.3) is 0 Å². The lowest BCUT2D eigenvalue weighted by Crippen LogP contribution is -2.54. The zero-order valence-electron chi connectivity index (χ0n) is 13.2. The molecule has 0 aromatic rings.